The molecule has 0 aromatic carbocycles. The van der Waals surface area contributed by atoms with Gasteiger partial charge in [-0.15, -0.1) is 11.3 Å². The maximum atomic E-state index is 12.2. The molecule has 0 unspecified atom stereocenters. The molecule has 2 aromatic rings. The maximum absolute atomic E-state index is 12.2. The van der Waals surface area contributed by atoms with Crippen molar-refractivity contribution in [3.8, 4) is 11.6 Å². The Hall–Kier alpha value is -1.64. The van der Waals surface area contributed by atoms with Crippen molar-refractivity contribution in [2.45, 2.75) is 17.6 Å². The molecule has 0 radical (unpaired) electrons. The van der Waals surface area contributed by atoms with Crippen LogP contribution in [0.4, 0.5) is 0 Å². The Morgan fingerprint density at radius 1 is 1.32 bits per heavy atom. The largest absolute Gasteiger partial charge is 0.494 e. The van der Waals surface area contributed by atoms with Gasteiger partial charge in [-0.05, 0) is 24.4 Å². The number of nitrogens with zero attached hydrogens (tertiary/aromatic N) is 1. The highest BCUT2D eigenvalue weighted by molar-refractivity contribution is 7.91. The second-order valence-corrected chi connectivity index (χ2v) is 7.20. The van der Waals surface area contributed by atoms with Crippen molar-refractivity contribution in [2.24, 2.45) is 0 Å². The van der Waals surface area contributed by atoms with E-state index in [1.54, 1.807) is 17.5 Å². The molecule has 6 nitrogen and oxygen atoms in total. The third kappa shape index (κ3) is 4.19. The van der Waals surface area contributed by atoms with Crippen LogP contribution in [0.25, 0.3) is 0 Å². The molecule has 0 aliphatic carbocycles. The van der Waals surface area contributed by atoms with Crippen LogP contribution in [0.3, 0.4) is 0 Å². The topological polar surface area (TPSA) is 77.5 Å². The molecule has 1 N–H and O–H groups in total. The van der Waals surface area contributed by atoms with Crippen LogP contribution in [0.15, 0.2) is 33.9 Å². The highest BCUT2D eigenvalue weighted by atomic mass is 32.2. The van der Waals surface area contributed by atoms with Crippen LogP contribution < -0.4 is 14.2 Å². The predicted octanol–water partition coefficient (Wildman–Crippen LogP) is 2.07. The molecular formula is C14H18N2O4S2. The average Bonchev–Trinajstić information content (AvgIpc) is 2.97. The number of hydrogen-bond donors (Lipinski definition) is 1. The zero-order valence-electron chi connectivity index (χ0n) is 12.4. The van der Waals surface area contributed by atoms with Crippen molar-refractivity contribution in [1.29, 1.82) is 0 Å². The lowest BCUT2D eigenvalue weighted by Crippen LogP contribution is -2.25. The number of rotatable bonds is 8. The monoisotopic (exact) mass is 342 g/mol. The van der Waals surface area contributed by atoms with Gasteiger partial charge in [-0.25, -0.2) is 18.1 Å². The number of sulfonamides is 1. The number of thiophene rings is 1. The van der Waals surface area contributed by atoms with E-state index in [1.165, 1.54) is 7.11 Å². The molecule has 22 heavy (non-hydrogen) atoms. The molecule has 0 atom stereocenters. The molecule has 2 rings (SSSR count). The van der Waals surface area contributed by atoms with Crippen molar-refractivity contribution >= 4 is 21.4 Å². The predicted molar refractivity (Wildman–Crippen MR) is 85.2 cm³/mol. The molecule has 0 bridgehead atoms. The van der Waals surface area contributed by atoms with Gasteiger partial charge in [0, 0.05) is 24.7 Å². The number of hydrogen-bond acceptors (Lipinski definition) is 6. The fourth-order valence-corrected chi connectivity index (χ4v) is 4.19. The average molecular weight is 342 g/mol. The Labute approximate surface area is 134 Å². The van der Waals surface area contributed by atoms with Crippen molar-refractivity contribution in [3.63, 3.8) is 0 Å². The SMILES string of the molecule is CCOc1cccc(CCNS(=O)(=O)c2sccc2OC)n1. The van der Waals surface area contributed by atoms with Gasteiger partial charge in [0.25, 0.3) is 10.0 Å². The minimum absolute atomic E-state index is 0.186. The van der Waals surface area contributed by atoms with Crippen molar-refractivity contribution in [2.75, 3.05) is 20.3 Å². The third-order valence-electron chi connectivity index (χ3n) is 2.81. The summed E-state index contributed by atoms with van der Waals surface area (Å²) in [7, 11) is -2.12. The van der Waals surface area contributed by atoms with E-state index in [9.17, 15) is 8.42 Å². The van der Waals surface area contributed by atoms with E-state index in [-0.39, 0.29) is 10.8 Å². The van der Waals surface area contributed by atoms with Gasteiger partial charge < -0.3 is 9.47 Å². The second kappa shape index (κ2) is 7.57. The van der Waals surface area contributed by atoms with E-state index < -0.39 is 10.0 Å². The summed E-state index contributed by atoms with van der Waals surface area (Å²) in [6, 6.07) is 7.08. The Kier molecular flexibility index (Phi) is 5.76. The van der Waals surface area contributed by atoms with E-state index in [2.05, 4.69) is 9.71 Å². The quantitative estimate of drug-likeness (QED) is 0.795. The van der Waals surface area contributed by atoms with Crippen molar-refractivity contribution in [1.82, 2.24) is 9.71 Å². The van der Waals surface area contributed by atoms with E-state index in [0.29, 0.717) is 24.7 Å². The summed E-state index contributed by atoms with van der Waals surface area (Å²) >= 11 is 1.13. The molecule has 0 saturated carbocycles. The molecule has 0 aliphatic heterocycles. The van der Waals surface area contributed by atoms with Gasteiger partial charge in [0.05, 0.1) is 13.7 Å². The Morgan fingerprint density at radius 2 is 2.14 bits per heavy atom. The first-order chi connectivity index (χ1) is 10.6. The molecule has 0 amide bonds. The van der Waals surface area contributed by atoms with Crippen molar-refractivity contribution < 1.29 is 17.9 Å². The summed E-state index contributed by atoms with van der Waals surface area (Å²) in [5.41, 5.74) is 0.770. The summed E-state index contributed by atoms with van der Waals surface area (Å²) in [6.45, 7) is 2.68. The number of nitrogens with one attached hydrogen (secondary N) is 1. The van der Waals surface area contributed by atoms with Gasteiger partial charge in [0.15, 0.2) is 4.21 Å². The van der Waals surface area contributed by atoms with E-state index >= 15 is 0 Å². The van der Waals surface area contributed by atoms with Gasteiger partial charge in [-0.2, -0.15) is 0 Å². The molecule has 2 heterocycles. The summed E-state index contributed by atoms with van der Waals surface area (Å²) in [6.07, 6.45) is 0.480. The minimum Gasteiger partial charge on any atom is -0.494 e. The first-order valence-electron chi connectivity index (χ1n) is 6.76. The number of methoxy groups -OCH3 is 1. The fraction of sp³-hybridized carbons (Fsp3) is 0.357. The molecule has 2 aromatic heterocycles. The summed E-state index contributed by atoms with van der Waals surface area (Å²) in [5.74, 6) is 0.900. The molecule has 0 fully saturated rings. The number of pyridine rings is 1. The van der Waals surface area contributed by atoms with Crippen LogP contribution in [0.2, 0.25) is 0 Å². The third-order valence-corrected chi connectivity index (χ3v) is 5.71. The number of ether oxygens (including phenoxy) is 2. The first kappa shape index (κ1) is 16.7. The van der Waals surface area contributed by atoms with Gasteiger partial charge in [0.1, 0.15) is 5.75 Å². The zero-order chi connectivity index (χ0) is 16.0. The summed E-state index contributed by atoms with van der Waals surface area (Å²) in [5, 5.41) is 1.68. The zero-order valence-corrected chi connectivity index (χ0v) is 14.0. The molecule has 0 aliphatic rings. The van der Waals surface area contributed by atoms with Gasteiger partial charge in [0.2, 0.25) is 5.88 Å². The number of aromatic nitrogens is 1. The van der Waals surface area contributed by atoms with Crippen LogP contribution in [-0.4, -0.2) is 33.7 Å². The van der Waals surface area contributed by atoms with Crippen molar-refractivity contribution in [3.05, 3.63) is 35.3 Å². The van der Waals surface area contributed by atoms with Gasteiger partial charge in [-0.1, -0.05) is 6.07 Å². The Bertz CT molecular complexity index is 713. The minimum atomic E-state index is -3.57. The second-order valence-electron chi connectivity index (χ2n) is 4.32. The van der Waals surface area contributed by atoms with Gasteiger partial charge >= 0.3 is 0 Å². The van der Waals surface area contributed by atoms with E-state index in [0.717, 1.165) is 17.0 Å². The fourth-order valence-electron chi connectivity index (χ4n) is 1.83. The van der Waals surface area contributed by atoms with Crippen LogP contribution in [0.5, 0.6) is 11.6 Å². The normalized spacial score (nSPS) is 11.4. The highest BCUT2D eigenvalue weighted by Crippen LogP contribution is 2.29. The highest BCUT2D eigenvalue weighted by Gasteiger charge is 2.20. The lowest BCUT2D eigenvalue weighted by molar-refractivity contribution is 0.326. The van der Waals surface area contributed by atoms with E-state index in [1.807, 2.05) is 19.1 Å². The Balaban J connectivity index is 1.97. The Morgan fingerprint density at radius 3 is 2.86 bits per heavy atom. The molecule has 120 valence electrons. The van der Waals surface area contributed by atoms with Crippen LogP contribution in [-0.2, 0) is 16.4 Å². The smallest absolute Gasteiger partial charge is 0.253 e. The summed E-state index contributed by atoms with van der Waals surface area (Å²) < 4.78 is 37.5. The van der Waals surface area contributed by atoms with Gasteiger partial charge in [-0.3, -0.25) is 0 Å². The van der Waals surface area contributed by atoms with Crippen LogP contribution in [0.1, 0.15) is 12.6 Å². The molecular weight excluding hydrogens is 324 g/mol. The van der Waals surface area contributed by atoms with Crippen LogP contribution >= 0.6 is 11.3 Å². The summed E-state index contributed by atoms with van der Waals surface area (Å²) in [4.78, 5) is 4.30. The maximum Gasteiger partial charge on any atom is 0.253 e. The first-order valence-corrected chi connectivity index (χ1v) is 9.13. The standard InChI is InChI=1S/C14H18N2O4S2/c1-3-20-13-6-4-5-11(16-13)7-9-15-22(17,18)14-12(19-2)8-10-21-14/h4-6,8,10,15H,3,7,9H2,1-2H3. The van der Waals surface area contributed by atoms with E-state index in [4.69, 9.17) is 9.47 Å². The lowest BCUT2D eigenvalue weighted by Gasteiger charge is -2.07. The van der Waals surface area contributed by atoms with Crippen LogP contribution in [0, 0.1) is 0 Å². The molecule has 8 heteroatoms. The lowest BCUT2D eigenvalue weighted by atomic mass is 10.3. The molecule has 0 saturated heterocycles. The molecule has 0 spiro atoms.